The molecule has 2 nitrogen and oxygen atoms in total. The minimum atomic E-state index is 0. The first-order chi connectivity index (χ1) is 11.6. The summed E-state index contributed by atoms with van der Waals surface area (Å²) in [4.78, 5) is 5.29. The second-order valence-electron chi connectivity index (χ2n) is 8.68. The number of hydrogen-bond donors (Lipinski definition) is 0. The number of unbranched alkanes of at least 4 members (excludes halogenated alkanes) is 1. The number of halogens is 1. The van der Waals surface area contributed by atoms with Gasteiger partial charge in [-0.1, -0.05) is 45.4 Å². The molecule has 0 atom stereocenters. The molecule has 0 bridgehead atoms. The van der Waals surface area contributed by atoms with Crippen molar-refractivity contribution in [2.45, 2.75) is 65.2 Å². The summed E-state index contributed by atoms with van der Waals surface area (Å²) >= 11 is 0. The fourth-order valence-corrected chi connectivity index (χ4v) is 4.43. The monoisotopic (exact) mass is 364 g/mol. The van der Waals surface area contributed by atoms with Crippen LogP contribution in [0.3, 0.4) is 0 Å². The molecule has 1 aromatic carbocycles. The Hall–Kier alpha value is -0.730. The summed E-state index contributed by atoms with van der Waals surface area (Å²) in [6.07, 6.45) is 8.12. The van der Waals surface area contributed by atoms with Gasteiger partial charge in [0.25, 0.3) is 0 Å². The van der Waals surface area contributed by atoms with Crippen molar-refractivity contribution in [1.29, 1.82) is 0 Å². The quantitative estimate of drug-likeness (QED) is 0.659. The van der Waals surface area contributed by atoms with Crippen LogP contribution in [-0.4, -0.2) is 37.6 Å². The van der Waals surface area contributed by atoms with Gasteiger partial charge in [0.15, 0.2) is 0 Å². The Labute approximate surface area is 161 Å². The lowest BCUT2D eigenvalue weighted by atomic mass is 9.71. The van der Waals surface area contributed by atoms with Crippen LogP contribution in [0.15, 0.2) is 24.3 Å². The van der Waals surface area contributed by atoms with E-state index in [4.69, 9.17) is 0 Å². The Balaban J connectivity index is 0.00000225. The molecule has 0 radical (unpaired) electrons. The average Bonchev–Trinajstić information content (AvgIpc) is 2.60. The standard InChI is InChI=1S/C22H36N2.ClH/c1-4-5-14-23-15-17-24(18-16-23)21-9-7-6-8-20(21)19-10-12-22(2,3)13-11-19;/h6-9,19H,4-5,10-18H2,1-3H3;1H. The number of piperazine rings is 1. The zero-order valence-corrected chi connectivity index (χ0v) is 17.3. The number of hydrogen-bond acceptors (Lipinski definition) is 2. The maximum Gasteiger partial charge on any atom is 0.0402 e. The van der Waals surface area contributed by atoms with E-state index in [9.17, 15) is 0 Å². The van der Waals surface area contributed by atoms with Crippen molar-refractivity contribution in [2.75, 3.05) is 37.6 Å². The molecule has 142 valence electrons. The topological polar surface area (TPSA) is 6.48 Å². The first kappa shape index (κ1) is 20.6. The second kappa shape index (κ2) is 9.28. The highest BCUT2D eigenvalue weighted by Crippen LogP contribution is 2.44. The summed E-state index contributed by atoms with van der Waals surface area (Å²) in [5.74, 6) is 0.771. The normalized spacial score (nSPS) is 21.8. The van der Waals surface area contributed by atoms with Gasteiger partial charge in [0.2, 0.25) is 0 Å². The van der Waals surface area contributed by atoms with Crippen LogP contribution in [0.5, 0.6) is 0 Å². The van der Waals surface area contributed by atoms with E-state index in [0.29, 0.717) is 5.41 Å². The summed E-state index contributed by atoms with van der Waals surface area (Å²) in [7, 11) is 0. The van der Waals surface area contributed by atoms with Crippen molar-refractivity contribution in [3.63, 3.8) is 0 Å². The van der Waals surface area contributed by atoms with Crippen LogP contribution in [0.1, 0.15) is 70.8 Å². The summed E-state index contributed by atoms with van der Waals surface area (Å²) in [6.45, 7) is 13.3. The van der Waals surface area contributed by atoms with Crippen molar-refractivity contribution in [3.8, 4) is 0 Å². The van der Waals surface area contributed by atoms with Crippen LogP contribution in [0.2, 0.25) is 0 Å². The molecule has 1 aliphatic carbocycles. The van der Waals surface area contributed by atoms with E-state index < -0.39 is 0 Å². The molecule has 0 unspecified atom stereocenters. The molecule has 2 fully saturated rings. The third-order valence-electron chi connectivity index (χ3n) is 6.26. The van der Waals surface area contributed by atoms with Crippen molar-refractivity contribution in [1.82, 2.24) is 4.90 Å². The Bertz CT molecular complexity index is 511. The average molecular weight is 365 g/mol. The predicted molar refractivity (Wildman–Crippen MR) is 112 cm³/mol. The molecule has 1 aromatic rings. The van der Waals surface area contributed by atoms with E-state index in [-0.39, 0.29) is 12.4 Å². The van der Waals surface area contributed by atoms with Crippen LogP contribution in [-0.2, 0) is 0 Å². The van der Waals surface area contributed by atoms with Crippen LogP contribution >= 0.6 is 12.4 Å². The van der Waals surface area contributed by atoms with Crippen LogP contribution in [0.25, 0.3) is 0 Å². The smallest absolute Gasteiger partial charge is 0.0402 e. The van der Waals surface area contributed by atoms with E-state index >= 15 is 0 Å². The zero-order chi connectivity index (χ0) is 17.0. The Morgan fingerprint density at radius 2 is 1.64 bits per heavy atom. The first-order valence-corrected chi connectivity index (χ1v) is 10.2. The lowest BCUT2D eigenvalue weighted by Crippen LogP contribution is -2.47. The van der Waals surface area contributed by atoms with E-state index in [1.165, 1.54) is 76.9 Å². The molecule has 0 amide bonds. The third-order valence-corrected chi connectivity index (χ3v) is 6.26. The van der Waals surface area contributed by atoms with Crippen molar-refractivity contribution in [3.05, 3.63) is 29.8 Å². The molecule has 1 aliphatic heterocycles. The number of rotatable bonds is 5. The molecular formula is C22H37ClN2. The lowest BCUT2D eigenvalue weighted by Gasteiger charge is -2.39. The maximum absolute atomic E-state index is 2.65. The Kier molecular flexibility index (Phi) is 7.64. The van der Waals surface area contributed by atoms with Gasteiger partial charge in [-0.05, 0) is 61.6 Å². The van der Waals surface area contributed by atoms with Gasteiger partial charge in [-0.15, -0.1) is 12.4 Å². The van der Waals surface area contributed by atoms with Gasteiger partial charge in [0, 0.05) is 31.9 Å². The highest BCUT2D eigenvalue weighted by Gasteiger charge is 2.29. The molecule has 0 spiro atoms. The Morgan fingerprint density at radius 3 is 2.28 bits per heavy atom. The summed E-state index contributed by atoms with van der Waals surface area (Å²) in [6, 6.07) is 9.25. The second-order valence-corrected chi connectivity index (χ2v) is 8.68. The van der Waals surface area contributed by atoms with Gasteiger partial charge >= 0.3 is 0 Å². The minimum Gasteiger partial charge on any atom is -0.369 e. The molecule has 3 heteroatoms. The van der Waals surface area contributed by atoms with Crippen LogP contribution in [0, 0.1) is 5.41 Å². The molecule has 2 aliphatic rings. The lowest BCUT2D eigenvalue weighted by molar-refractivity contribution is 0.224. The number of para-hydroxylation sites is 1. The van der Waals surface area contributed by atoms with Gasteiger partial charge in [-0.3, -0.25) is 4.90 Å². The summed E-state index contributed by atoms with van der Waals surface area (Å²) < 4.78 is 0. The molecule has 1 saturated heterocycles. The van der Waals surface area contributed by atoms with E-state index in [1.807, 2.05) is 0 Å². The van der Waals surface area contributed by atoms with E-state index in [2.05, 4.69) is 54.8 Å². The minimum absolute atomic E-state index is 0. The molecular weight excluding hydrogens is 328 g/mol. The highest BCUT2D eigenvalue weighted by molar-refractivity contribution is 5.85. The number of benzene rings is 1. The predicted octanol–water partition coefficient (Wildman–Crippen LogP) is 5.71. The summed E-state index contributed by atoms with van der Waals surface area (Å²) in [5.41, 5.74) is 3.70. The van der Waals surface area contributed by atoms with E-state index in [0.717, 1.165) is 5.92 Å². The van der Waals surface area contributed by atoms with Gasteiger partial charge < -0.3 is 4.90 Å². The number of anilines is 1. The first-order valence-electron chi connectivity index (χ1n) is 10.2. The van der Waals surface area contributed by atoms with Crippen molar-refractivity contribution < 1.29 is 0 Å². The fraction of sp³-hybridized carbons (Fsp3) is 0.727. The largest absolute Gasteiger partial charge is 0.369 e. The van der Waals surface area contributed by atoms with Crippen molar-refractivity contribution >= 4 is 18.1 Å². The van der Waals surface area contributed by atoms with Crippen LogP contribution in [0.4, 0.5) is 5.69 Å². The van der Waals surface area contributed by atoms with E-state index in [1.54, 1.807) is 5.56 Å². The third kappa shape index (κ3) is 5.37. The molecule has 3 rings (SSSR count). The molecule has 0 aromatic heterocycles. The molecule has 1 saturated carbocycles. The highest BCUT2D eigenvalue weighted by atomic mass is 35.5. The van der Waals surface area contributed by atoms with Crippen LogP contribution < -0.4 is 4.90 Å². The fourth-order valence-electron chi connectivity index (χ4n) is 4.43. The van der Waals surface area contributed by atoms with Crippen molar-refractivity contribution in [2.24, 2.45) is 5.41 Å². The van der Waals surface area contributed by atoms with Gasteiger partial charge in [0.05, 0.1) is 0 Å². The Morgan fingerprint density at radius 1 is 1.00 bits per heavy atom. The van der Waals surface area contributed by atoms with Gasteiger partial charge in [0.1, 0.15) is 0 Å². The maximum atomic E-state index is 2.65. The summed E-state index contributed by atoms with van der Waals surface area (Å²) in [5, 5.41) is 0. The van der Waals surface area contributed by atoms with Gasteiger partial charge in [-0.25, -0.2) is 0 Å². The SMILES string of the molecule is CCCCN1CCN(c2ccccc2C2CCC(C)(C)CC2)CC1.Cl. The molecule has 1 heterocycles. The zero-order valence-electron chi connectivity index (χ0n) is 16.5. The van der Waals surface area contributed by atoms with Gasteiger partial charge in [-0.2, -0.15) is 0 Å². The molecule has 0 N–H and O–H groups in total. The molecule has 25 heavy (non-hydrogen) atoms. The number of nitrogens with zero attached hydrogens (tertiary/aromatic N) is 2.